The average molecular weight is 361 g/mol. The quantitative estimate of drug-likeness (QED) is 0.884. The third kappa shape index (κ3) is 3.31. The molecule has 2 aromatic rings. The van der Waals surface area contributed by atoms with Crippen molar-refractivity contribution in [1.29, 1.82) is 0 Å². The van der Waals surface area contributed by atoms with Crippen LogP contribution in [0.4, 0.5) is 0 Å². The minimum absolute atomic E-state index is 0. The number of nitrogens with zero attached hydrogens (tertiary/aromatic N) is 2. The fourth-order valence-electron chi connectivity index (χ4n) is 4.12. The van der Waals surface area contributed by atoms with E-state index in [-0.39, 0.29) is 24.4 Å². The Labute approximate surface area is 154 Å². The lowest BCUT2D eigenvalue weighted by atomic mass is 9.84. The van der Waals surface area contributed by atoms with Crippen molar-refractivity contribution in [3.63, 3.8) is 0 Å². The first-order valence-corrected chi connectivity index (χ1v) is 8.89. The van der Waals surface area contributed by atoms with Gasteiger partial charge in [-0.1, -0.05) is 24.3 Å². The molecule has 0 saturated carbocycles. The molecule has 0 bridgehead atoms. The van der Waals surface area contributed by atoms with Crippen LogP contribution in [0.25, 0.3) is 0 Å². The Kier molecular flexibility index (Phi) is 5.45. The van der Waals surface area contributed by atoms with Gasteiger partial charge in [0.2, 0.25) is 5.91 Å². The molecule has 1 unspecified atom stereocenters. The lowest BCUT2D eigenvalue weighted by molar-refractivity contribution is -0.133. The number of fused-ring (bicyclic) bond motifs is 1. The van der Waals surface area contributed by atoms with Crippen molar-refractivity contribution in [3.8, 4) is 0 Å². The van der Waals surface area contributed by atoms with Gasteiger partial charge in [0.25, 0.3) is 0 Å². The highest BCUT2D eigenvalue weighted by Crippen LogP contribution is 2.32. The van der Waals surface area contributed by atoms with E-state index >= 15 is 0 Å². The summed E-state index contributed by atoms with van der Waals surface area (Å²) < 4.78 is 1.86. The van der Waals surface area contributed by atoms with E-state index < -0.39 is 5.54 Å². The van der Waals surface area contributed by atoms with E-state index in [0.29, 0.717) is 0 Å². The van der Waals surface area contributed by atoms with Gasteiger partial charge in [-0.2, -0.15) is 5.10 Å². The SMILES string of the molecule is Cl.O=C(NC1CCCc2ccccc21)C1(n2cccn2)CCNCC1. The van der Waals surface area contributed by atoms with E-state index in [9.17, 15) is 4.79 Å². The van der Waals surface area contributed by atoms with Crippen molar-refractivity contribution in [2.45, 2.75) is 43.7 Å². The van der Waals surface area contributed by atoms with Crippen LogP contribution in [0.1, 0.15) is 42.9 Å². The Morgan fingerprint density at radius 3 is 2.80 bits per heavy atom. The standard InChI is InChI=1S/C19H24N4O.ClH/c24-18(19(9-12-20-13-10-19)23-14-4-11-21-23)22-17-8-3-6-15-5-1-2-7-16(15)17;/h1-2,4-5,7,11,14,17,20H,3,6,8-10,12-13H2,(H,22,24);1H. The second-order valence-corrected chi connectivity index (χ2v) is 6.85. The Bertz CT molecular complexity index is 710. The van der Waals surface area contributed by atoms with Gasteiger partial charge < -0.3 is 10.6 Å². The maximum atomic E-state index is 13.3. The molecule has 1 aromatic carbocycles. The Morgan fingerprint density at radius 2 is 2.04 bits per heavy atom. The molecule has 1 amide bonds. The minimum Gasteiger partial charge on any atom is -0.347 e. The number of rotatable bonds is 3. The summed E-state index contributed by atoms with van der Waals surface area (Å²) in [5.74, 6) is 0.106. The number of hydrogen-bond donors (Lipinski definition) is 2. The maximum absolute atomic E-state index is 13.3. The molecule has 1 aromatic heterocycles. The van der Waals surface area contributed by atoms with E-state index in [1.165, 1.54) is 11.1 Å². The number of aryl methyl sites for hydroxylation is 1. The number of halogens is 1. The fourth-order valence-corrected chi connectivity index (χ4v) is 4.12. The summed E-state index contributed by atoms with van der Waals surface area (Å²) in [6.07, 6.45) is 8.46. The second kappa shape index (κ2) is 7.58. The summed E-state index contributed by atoms with van der Waals surface area (Å²) in [4.78, 5) is 13.3. The topological polar surface area (TPSA) is 59.0 Å². The molecule has 2 aliphatic rings. The molecule has 4 rings (SSSR count). The van der Waals surface area contributed by atoms with Crippen LogP contribution in [-0.2, 0) is 16.8 Å². The molecule has 6 heteroatoms. The number of hydrogen-bond acceptors (Lipinski definition) is 3. The van der Waals surface area contributed by atoms with Gasteiger partial charge in [0.15, 0.2) is 0 Å². The zero-order chi connectivity index (χ0) is 16.4. The second-order valence-electron chi connectivity index (χ2n) is 6.85. The number of piperidine rings is 1. The molecule has 2 heterocycles. The monoisotopic (exact) mass is 360 g/mol. The molecule has 1 aliphatic heterocycles. The molecule has 1 atom stereocenters. The van der Waals surface area contributed by atoms with E-state index in [1.807, 2.05) is 16.9 Å². The highest BCUT2D eigenvalue weighted by Gasteiger charge is 2.43. The van der Waals surface area contributed by atoms with Gasteiger partial charge >= 0.3 is 0 Å². The summed E-state index contributed by atoms with van der Waals surface area (Å²) in [6, 6.07) is 10.5. The van der Waals surface area contributed by atoms with Crippen LogP contribution in [-0.4, -0.2) is 28.8 Å². The van der Waals surface area contributed by atoms with E-state index in [1.54, 1.807) is 6.20 Å². The number of nitrogens with one attached hydrogen (secondary N) is 2. The van der Waals surface area contributed by atoms with Crippen molar-refractivity contribution in [2.75, 3.05) is 13.1 Å². The van der Waals surface area contributed by atoms with Crippen molar-refractivity contribution in [1.82, 2.24) is 20.4 Å². The minimum atomic E-state index is -0.568. The molecular formula is C19H25ClN4O. The van der Waals surface area contributed by atoms with Crippen LogP contribution in [0, 0.1) is 0 Å². The number of benzene rings is 1. The van der Waals surface area contributed by atoms with Gasteiger partial charge in [0.05, 0.1) is 6.04 Å². The first kappa shape index (κ1) is 18.0. The number of amides is 1. The molecule has 2 N–H and O–H groups in total. The maximum Gasteiger partial charge on any atom is 0.248 e. The molecule has 0 radical (unpaired) electrons. The smallest absolute Gasteiger partial charge is 0.248 e. The summed E-state index contributed by atoms with van der Waals surface area (Å²) >= 11 is 0. The third-order valence-electron chi connectivity index (χ3n) is 5.47. The van der Waals surface area contributed by atoms with Gasteiger partial charge in [-0.3, -0.25) is 9.48 Å². The highest BCUT2D eigenvalue weighted by atomic mass is 35.5. The van der Waals surface area contributed by atoms with E-state index in [2.05, 4.69) is 40.0 Å². The lowest BCUT2D eigenvalue weighted by Gasteiger charge is -2.38. The summed E-state index contributed by atoms with van der Waals surface area (Å²) in [7, 11) is 0. The van der Waals surface area contributed by atoms with Crippen molar-refractivity contribution < 1.29 is 4.79 Å². The van der Waals surface area contributed by atoms with E-state index in [4.69, 9.17) is 0 Å². The first-order chi connectivity index (χ1) is 11.8. The molecule has 0 spiro atoms. The zero-order valence-electron chi connectivity index (χ0n) is 14.3. The van der Waals surface area contributed by atoms with Crippen molar-refractivity contribution in [3.05, 3.63) is 53.9 Å². The van der Waals surface area contributed by atoms with Crippen LogP contribution in [0.3, 0.4) is 0 Å². The van der Waals surface area contributed by atoms with Gasteiger partial charge in [0.1, 0.15) is 5.54 Å². The number of carbonyl (C=O) groups excluding carboxylic acids is 1. The summed E-state index contributed by atoms with van der Waals surface area (Å²) in [5, 5.41) is 11.1. The van der Waals surface area contributed by atoms with Crippen LogP contribution in [0.5, 0.6) is 0 Å². The van der Waals surface area contributed by atoms with Crippen LogP contribution in [0.15, 0.2) is 42.7 Å². The van der Waals surface area contributed by atoms with Gasteiger partial charge in [-0.15, -0.1) is 12.4 Å². The largest absolute Gasteiger partial charge is 0.347 e. The van der Waals surface area contributed by atoms with Gasteiger partial charge in [-0.05, 0) is 62.4 Å². The van der Waals surface area contributed by atoms with Crippen LogP contribution >= 0.6 is 12.4 Å². The highest BCUT2D eigenvalue weighted by molar-refractivity contribution is 5.85. The lowest BCUT2D eigenvalue weighted by Crippen LogP contribution is -2.55. The molecule has 1 fully saturated rings. The normalized spacial score (nSPS) is 21.7. The molecule has 134 valence electrons. The Balaban J connectivity index is 0.00000182. The average Bonchev–Trinajstić information content (AvgIpc) is 3.18. The zero-order valence-corrected chi connectivity index (χ0v) is 15.1. The summed E-state index contributed by atoms with van der Waals surface area (Å²) in [5.41, 5.74) is 2.08. The summed E-state index contributed by atoms with van der Waals surface area (Å²) in [6.45, 7) is 1.68. The van der Waals surface area contributed by atoms with Gasteiger partial charge in [0, 0.05) is 12.4 Å². The molecule has 1 aliphatic carbocycles. The van der Waals surface area contributed by atoms with Crippen LogP contribution < -0.4 is 10.6 Å². The molecule has 1 saturated heterocycles. The third-order valence-corrected chi connectivity index (χ3v) is 5.47. The number of aromatic nitrogens is 2. The molecular weight excluding hydrogens is 336 g/mol. The van der Waals surface area contributed by atoms with Crippen molar-refractivity contribution in [2.24, 2.45) is 0 Å². The first-order valence-electron chi connectivity index (χ1n) is 8.89. The van der Waals surface area contributed by atoms with Crippen molar-refractivity contribution >= 4 is 18.3 Å². The molecule has 25 heavy (non-hydrogen) atoms. The Hall–Kier alpha value is -1.85. The fraction of sp³-hybridized carbons (Fsp3) is 0.474. The van der Waals surface area contributed by atoms with E-state index in [0.717, 1.165) is 45.2 Å². The predicted molar refractivity (Wildman–Crippen MR) is 99.8 cm³/mol. The van der Waals surface area contributed by atoms with Crippen LogP contribution in [0.2, 0.25) is 0 Å². The predicted octanol–water partition coefficient (Wildman–Crippen LogP) is 2.58. The number of carbonyl (C=O) groups is 1. The Morgan fingerprint density at radius 1 is 1.24 bits per heavy atom. The van der Waals surface area contributed by atoms with Gasteiger partial charge in [-0.25, -0.2) is 0 Å². The molecule has 5 nitrogen and oxygen atoms in total.